The van der Waals surface area contributed by atoms with Gasteiger partial charge in [0.05, 0.1) is 0 Å². The van der Waals surface area contributed by atoms with Crippen LogP contribution in [0.1, 0.15) is 24.0 Å². The van der Waals surface area contributed by atoms with E-state index >= 15 is 0 Å². The summed E-state index contributed by atoms with van der Waals surface area (Å²) in [5, 5.41) is 3.42. The summed E-state index contributed by atoms with van der Waals surface area (Å²) >= 11 is 5.59. The number of hydrogen-bond acceptors (Lipinski definition) is 1. The SMILES string of the molecule is Cc1ccccc1CNCCCCCl. The van der Waals surface area contributed by atoms with E-state index in [-0.39, 0.29) is 0 Å². The Kier molecular flexibility index (Phi) is 5.65. The first-order chi connectivity index (χ1) is 6.84. The lowest BCUT2D eigenvalue weighted by Gasteiger charge is -2.06. The summed E-state index contributed by atoms with van der Waals surface area (Å²) < 4.78 is 0. The number of rotatable bonds is 6. The van der Waals surface area contributed by atoms with E-state index in [4.69, 9.17) is 11.6 Å². The zero-order valence-corrected chi connectivity index (χ0v) is 9.48. The predicted octanol–water partition coefficient (Wildman–Crippen LogP) is 3.10. The van der Waals surface area contributed by atoms with Crippen LogP contribution in [0.4, 0.5) is 0 Å². The van der Waals surface area contributed by atoms with E-state index in [1.807, 2.05) is 0 Å². The summed E-state index contributed by atoms with van der Waals surface area (Å²) in [5.41, 5.74) is 2.75. The quantitative estimate of drug-likeness (QED) is 0.563. The van der Waals surface area contributed by atoms with Crippen LogP contribution in [0.2, 0.25) is 0 Å². The van der Waals surface area contributed by atoms with Crippen LogP contribution in [0.25, 0.3) is 0 Å². The van der Waals surface area contributed by atoms with Crippen molar-refractivity contribution in [1.82, 2.24) is 5.32 Å². The molecule has 1 rings (SSSR count). The molecule has 0 spiro atoms. The first-order valence-corrected chi connectivity index (χ1v) is 5.69. The highest BCUT2D eigenvalue weighted by atomic mass is 35.5. The van der Waals surface area contributed by atoms with Crippen LogP contribution in [-0.4, -0.2) is 12.4 Å². The van der Waals surface area contributed by atoms with E-state index in [1.165, 1.54) is 11.1 Å². The van der Waals surface area contributed by atoms with E-state index in [2.05, 4.69) is 36.5 Å². The molecule has 0 amide bonds. The molecule has 14 heavy (non-hydrogen) atoms. The first kappa shape index (κ1) is 11.5. The second kappa shape index (κ2) is 6.86. The average molecular weight is 212 g/mol. The van der Waals surface area contributed by atoms with E-state index in [1.54, 1.807) is 0 Å². The average Bonchev–Trinajstić information content (AvgIpc) is 2.20. The molecular formula is C12H18ClN. The van der Waals surface area contributed by atoms with Gasteiger partial charge in [0.25, 0.3) is 0 Å². The van der Waals surface area contributed by atoms with Gasteiger partial charge in [-0.1, -0.05) is 24.3 Å². The number of nitrogens with one attached hydrogen (secondary N) is 1. The Labute approximate surface area is 91.5 Å². The Balaban J connectivity index is 2.21. The van der Waals surface area contributed by atoms with Gasteiger partial charge in [0.15, 0.2) is 0 Å². The van der Waals surface area contributed by atoms with Crippen molar-refractivity contribution in [2.75, 3.05) is 12.4 Å². The van der Waals surface area contributed by atoms with Gasteiger partial charge in [0, 0.05) is 12.4 Å². The summed E-state index contributed by atoms with van der Waals surface area (Å²) in [4.78, 5) is 0. The highest BCUT2D eigenvalue weighted by Crippen LogP contribution is 2.05. The third-order valence-corrected chi connectivity index (χ3v) is 2.58. The second-order valence-corrected chi connectivity index (χ2v) is 3.88. The van der Waals surface area contributed by atoms with Crippen LogP contribution in [-0.2, 0) is 6.54 Å². The molecule has 0 aromatic heterocycles. The van der Waals surface area contributed by atoms with E-state index in [9.17, 15) is 0 Å². The molecule has 0 radical (unpaired) electrons. The maximum absolute atomic E-state index is 5.59. The normalized spacial score (nSPS) is 10.4. The molecule has 0 saturated carbocycles. The predicted molar refractivity (Wildman–Crippen MR) is 62.8 cm³/mol. The minimum Gasteiger partial charge on any atom is -0.313 e. The van der Waals surface area contributed by atoms with Crippen LogP contribution in [0, 0.1) is 6.92 Å². The third-order valence-electron chi connectivity index (χ3n) is 2.31. The van der Waals surface area contributed by atoms with Crippen molar-refractivity contribution in [3.8, 4) is 0 Å². The number of alkyl halides is 1. The van der Waals surface area contributed by atoms with Gasteiger partial charge in [0.1, 0.15) is 0 Å². The molecule has 1 aromatic carbocycles. The monoisotopic (exact) mass is 211 g/mol. The molecule has 1 N–H and O–H groups in total. The fourth-order valence-corrected chi connectivity index (χ4v) is 1.56. The van der Waals surface area contributed by atoms with Crippen LogP contribution in [0.3, 0.4) is 0 Å². The van der Waals surface area contributed by atoms with E-state index in [0.29, 0.717) is 0 Å². The lowest BCUT2D eigenvalue weighted by atomic mass is 10.1. The number of unbranched alkanes of at least 4 members (excludes halogenated alkanes) is 1. The van der Waals surface area contributed by atoms with Crippen molar-refractivity contribution >= 4 is 11.6 Å². The molecule has 0 aliphatic carbocycles. The Morgan fingerprint density at radius 2 is 2.00 bits per heavy atom. The number of hydrogen-bond donors (Lipinski definition) is 1. The Hall–Kier alpha value is -0.530. The van der Waals surface area contributed by atoms with Crippen molar-refractivity contribution in [1.29, 1.82) is 0 Å². The molecule has 0 aliphatic rings. The summed E-state index contributed by atoms with van der Waals surface area (Å²) in [5.74, 6) is 0.770. The van der Waals surface area contributed by atoms with Gasteiger partial charge in [0.2, 0.25) is 0 Å². The lowest BCUT2D eigenvalue weighted by Crippen LogP contribution is -2.15. The molecular weight excluding hydrogens is 194 g/mol. The standard InChI is InChI=1S/C12H18ClN/c1-11-6-2-3-7-12(11)10-14-9-5-4-8-13/h2-3,6-7,14H,4-5,8-10H2,1H3. The fraction of sp³-hybridized carbons (Fsp3) is 0.500. The highest BCUT2D eigenvalue weighted by Gasteiger charge is 1.95. The number of benzene rings is 1. The Bertz CT molecular complexity index is 260. The van der Waals surface area contributed by atoms with Crippen LogP contribution < -0.4 is 5.32 Å². The van der Waals surface area contributed by atoms with Crippen LogP contribution in [0.5, 0.6) is 0 Å². The molecule has 1 nitrogen and oxygen atoms in total. The molecule has 1 aromatic rings. The Morgan fingerprint density at radius 3 is 2.71 bits per heavy atom. The zero-order valence-electron chi connectivity index (χ0n) is 8.72. The van der Waals surface area contributed by atoms with Gasteiger partial charge in [-0.2, -0.15) is 0 Å². The second-order valence-electron chi connectivity index (χ2n) is 3.50. The van der Waals surface area contributed by atoms with Gasteiger partial charge in [-0.3, -0.25) is 0 Å². The summed E-state index contributed by atoms with van der Waals surface area (Å²) in [6.07, 6.45) is 2.26. The maximum Gasteiger partial charge on any atom is 0.0223 e. The molecule has 0 fully saturated rings. The topological polar surface area (TPSA) is 12.0 Å². The van der Waals surface area contributed by atoms with Gasteiger partial charge in [-0.25, -0.2) is 0 Å². The molecule has 78 valence electrons. The van der Waals surface area contributed by atoms with Crippen LogP contribution >= 0.6 is 11.6 Å². The van der Waals surface area contributed by atoms with Crippen molar-refractivity contribution in [3.05, 3.63) is 35.4 Å². The van der Waals surface area contributed by atoms with Crippen molar-refractivity contribution in [2.45, 2.75) is 26.3 Å². The maximum atomic E-state index is 5.59. The fourth-order valence-electron chi connectivity index (χ4n) is 1.38. The van der Waals surface area contributed by atoms with Gasteiger partial charge < -0.3 is 5.32 Å². The van der Waals surface area contributed by atoms with E-state index in [0.717, 1.165) is 31.8 Å². The van der Waals surface area contributed by atoms with Crippen molar-refractivity contribution in [3.63, 3.8) is 0 Å². The number of aryl methyl sites for hydroxylation is 1. The van der Waals surface area contributed by atoms with E-state index < -0.39 is 0 Å². The molecule has 0 unspecified atom stereocenters. The van der Waals surface area contributed by atoms with Crippen molar-refractivity contribution in [2.24, 2.45) is 0 Å². The molecule has 0 saturated heterocycles. The smallest absolute Gasteiger partial charge is 0.0223 e. The molecule has 2 heteroatoms. The van der Waals surface area contributed by atoms with Gasteiger partial charge >= 0.3 is 0 Å². The Morgan fingerprint density at radius 1 is 1.21 bits per heavy atom. The van der Waals surface area contributed by atoms with Gasteiger partial charge in [-0.05, 0) is 37.4 Å². The highest BCUT2D eigenvalue weighted by molar-refractivity contribution is 6.17. The minimum absolute atomic E-state index is 0.770. The summed E-state index contributed by atoms with van der Waals surface area (Å²) in [6.45, 7) is 4.17. The first-order valence-electron chi connectivity index (χ1n) is 5.16. The zero-order chi connectivity index (χ0) is 10.2. The van der Waals surface area contributed by atoms with Crippen molar-refractivity contribution < 1.29 is 0 Å². The van der Waals surface area contributed by atoms with Crippen LogP contribution in [0.15, 0.2) is 24.3 Å². The minimum atomic E-state index is 0.770. The lowest BCUT2D eigenvalue weighted by molar-refractivity contribution is 0.641. The van der Waals surface area contributed by atoms with Gasteiger partial charge in [-0.15, -0.1) is 11.6 Å². The summed E-state index contributed by atoms with van der Waals surface area (Å²) in [7, 11) is 0. The molecule has 0 heterocycles. The molecule has 0 atom stereocenters. The molecule has 0 bridgehead atoms. The largest absolute Gasteiger partial charge is 0.313 e. The summed E-state index contributed by atoms with van der Waals surface area (Å²) in [6, 6.07) is 8.48. The molecule has 0 aliphatic heterocycles. The third kappa shape index (κ3) is 4.12. The number of halogens is 1.